The number of carboxylic acid groups (broad SMARTS) is 1. The average Bonchev–Trinajstić information content (AvgIpc) is 2.74. The summed E-state index contributed by atoms with van der Waals surface area (Å²) in [5.41, 5.74) is 0.373. The van der Waals surface area contributed by atoms with Crippen molar-refractivity contribution >= 4 is 34.6 Å². The van der Waals surface area contributed by atoms with Gasteiger partial charge < -0.3 is 10.4 Å². The zero-order valence-corrected chi connectivity index (χ0v) is 11.4. The van der Waals surface area contributed by atoms with Crippen molar-refractivity contribution in [3.05, 3.63) is 50.9 Å². The van der Waals surface area contributed by atoms with Gasteiger partial charge in [0.25, 0.3) is 0 Å². The third-order valence-corrected chi connectivity index (χ3v) is 3.75. The molecule has 0 saturated heterocycles. The topological polar surface area (TPSA) is 49.3 Å². The molecule has 0 atom stereocenters. The molecular formula is C13H11ClFNO2S. The van der Waals surface area contributed by atoms with E-state index in [0.717, 1.165) is 9.75 Å². The molecule has 0 aliphatic carbocycles. The van der Waals surface area contributed by atoms with Gasteiger partial charge in [-0.2, -0.15) is 0 Å². The molecule has 0 radical (unpaired) electrons. The van der Waals surface area contributed by atoms with Crippen LogP contribution in [-0.2, 0) is 17.8 Å². The second kappa shape index (κ2) is 6.04. The first kappa shape index (κ1) is 13.8. The number of nitrogens with one attached hydrogen (secondary N) is 1. The van der Waals surface area contributed by atoms with E-state index in [1.54, 1.807) is 18.2 Å². The number of hydrogen-bond donors (Lipinski definition) is 2. The standard InChI is InChI=1S/C13H11ClFNO2S/c14-8-1-4-12(11(15)5-8)16-7-10-3-2-9(19-10)6-13(17)18/h1-5,16H,6-7H2,(H,17,18). The Labute approximate surface area is 118 Å². The number of benzene rings is 1. The second-order valence-corrected chi connectivity index (χ2v) is 5.61. The van der Waals surface area contributed by atoms with E-state index in [0.29, 0.717) is 17.3 Å². The molecule has 0 fully saturated rings. The first-order valence-corrected chi connectivity index (χ1v) is 6.72. The first-order chi connectivity index (χ1) is 9.04. The van der Waals surface area contributed by atoms with Gasteiger partial charge in [-0.3, -0.25) is 4.79 Å². The van der Waals surface area contributed by atoms with Crippen LogP contribution in [0.15, 0.2) is 30.3 Å². The van der Waals surface area contributed by atoms with E-state index < -0.39 is 11.8 Å². The van der Waals surface area contributed by atoms with E-state index in [1.807, 2.05) is 6.07 Å². The van der Waals surface area contributed by atoms with Crippen LogP contribution in [0, 0.1) is 5.82 Å². The molecule has 0 unspecified atom stereocenters. The summed E-state index contributed by atoms with van der Waals surface area (Å²) in [5.74, 6) is -1.26. The normalized spacial score (nSPS) is 10.4. The van der Waals surface area contributed by atoms with Crippen molar-refractivity contribution in [2.24, 2.45) is 0 Å². The van der Waals surface area contributed by atoms with E-state index in [-0.39, 0.29) is 6.42 Å². The molecule has 2 aromatic rings. The van der Waals surface area contributed by atoms with Gasteiger partial charge in [0.15, 0.2) is 0 Å². The van der Waals surface area contributed by atoms with Crippen LogP contribution in [0.1, 0.15) is 9.75 Å². The van der Waals surface area contributed by atoms with Crippen molar-refractivity contribution in [1.29, 1.82) is 0 Å². The fourth-order valence-electron chi connectivity index (χ4n) is 1.58. The summed E-state index contributed by atoms with van der Waals surface area (Å²) in [6.45, 7) is 0.447. The summed E-state index contributed by atoms with van der Waals surface area (Å²) in [6, 6.07) is 8.03. The maximum atomic E-state index is 13.5. The number of anilines is 1. The number of carbonyl (C=O) groups is 1. The van der Waals surface area contributed by atoms with Crippen LogP contribution in [0.3, 0.4) is 0 Å². The molecule has 100 valence electrons. The third kappa shape index (κ3) is 3.94. The molecule has 0 amide bonds. The van der Waals surface area contributed by atoms with Gasteiger partial charge in [0.05, 0.1) is 12.1 Å². The summed E-state index contributed by atoms with van der Waals surface area (Å²) in [4.78, 5) is 12.3. The molecule has 1 aromatic carbocycles. The lowest BCUT2D eigenvalue weighted by atomic mass is 10.3. The number of aliphatic carboxylic acids is 1. The molecule has 0 aliphatic heterocycles. The molecule has 0 bridgehead atoms. The molecule has 1 heterocycles. The molecule has 0 aliphatic rings. The Hall–Kier alpha value is -1.59. The molecule has 1 aromatic heterocycles. The van der Waals surface area contributed by atoms with E-state index in [9.17, 15) is 9.18 Å². The lowest BCUT2D eigenvalue weighted by molar-refractivity contribution is -0.136. The van der Waals surface area contributed by atoms with Crippen LogP contribution in [0.4, 0.5) is 10.1 Å². The average molecular weight is 300 g/mol. The van der Waals surface area contributed by atoms with Crippen molar-refractivity contribution in [3.63, 3.8) is 0 Å². The highest BCUT2D eigenvalue weighted by atomic mass is 35.5. The van der Waals surface area contributed by atoms with Gasteiger partial charge in [0.2, 0.25) is 0 Å². The number of hydrogen-bond acceptors (Lipinski definition) is 3. The SMILES string of the molecule is O=C(O)Cc1ccc(CNc2ccc(Cl)cc2F)s1. The summed E-state index contributed by atoms with van der Waals surface area (Å²) in [7, 11) is 0. The van der Waals surface area contributed by atoms with Crippen molar-refractivity contribution < 1.29 is 14.3 Å². The summed E-state index contributed by atoms with van der Waals surface area (Å²) >= 11 is 7.06. The minimum atomic E-state index is -0.856. The molecular weight excluding hydrogens is 289 g/mol. The molecule has 0 spiro atoms. The van der Waals surface area contributed by atoms with Crippen LogP contribution in [0.2, 0.25) is 5.02 Å². The zero-order valence-electron chi connectivity index (χ0n) is 9.82. The maximum absolute atomic E-state index is 13.5. The largest absolute Gasteiger partial charge is 0.481 e. The number of carboxylic acids is 1. The van der Waals surface area contributed by atoms with E-state index in [1.165, 1.54) is 17.4 Å². The third-order valence-electron chi connectivity index (χ3n) is 2.43. The smallest absolute Gasteiger partial charge is 0.308 e. The molecule has 0 saturated carbocycles. The molecule has 2 rings (SSSR count). The monoisotopic (exact) mass is 299 g/mol. The van der Waals surface area contributed by atoms with Gasteiger partial charge >= 0.3 is 5.97 Å². The van der Waals surface area contributed by atoms with Gasteiger partial charge in [-0.15, -0.1) is 11.3 Å². The lowest BCUT2D eigenvalue weighted by Crippen LogP contribution is -1.99. The van der Waals surface area contributed by atoms with Crippen molar-refractivity contribution in [3.8, 4) is 0 Å². The van der Waals surface area contributed by atoms with Gasteiger partial charge in [-0.1, -0.05) is 11.6 Å². The van der Waals surface area contributed by atoms with Crippen LogP contribution in [0.25, 0.3) is 0 Å². The molecule has 19 heavy (non-hydrogen) atoms. The van der Waals surface area contributed by atoms with Gasteiger partial charge in [-0.25, -0.2) is 4.39 Å². The Balaban J connectivity index is 1.98. The summed E-state index contributed by atoms with van der Waals surface area (Å²) in [5, 5.41) is 12.0. The zero-order chi connectivity index (χ0) is 13.8. The Kier molecular flexibility index (Phi) is 4.39. The van der Waals surface area contributed by atoms with Crippen LogP contribution >= 0.6 is 22.9 Å². The van der Waals surface area contributed by atoms with Gasteiger partial charge in [0.1, 0.15) is 5.82 Å². The highest BCUT2D eigenvalue weighted by Gasteiger charge is 2.06. The molecule has 3 nitrogen and oxygen atoms in total. The second-order valence-electron chi connectivity index (χ2n) is 3.92. The van der Waals surface area contributed by atoms with Gasteiger partial charge in [0, 0.05) is 21.3 Å². The quantitative estimate of drug-likeness (QED) is 0.883. The predicted octanol–water partition coefficient (Wildman–Crippen LogP) is 3.78. The van der Waals surface area contributed by atoms with E-state index in [2.05, 4.69) is 5.32 Å². The Morgan fingerprint density at radius 1 is 1.32 bits per heavy atom. The van der Waals surface area contributed by atoms with Crippen LogP contribution < -0.4 is 5.32 Å². The van der Waals surface area contributed by atoms with Crippen molar-refractivity contribution in [2.45, 2.75) is 13.0 Å². The maximum Gasteiger partial charge on any atom is 0.308 e. The highest BCUT2D eigenvalue weighted by Crippen LogP contribution is 2.22. The summed E-state index contributed by atoms with van der Waals surface area (Å²) in [6.07, 6.45) is 0.0139. The Morgan fingerprint density at radius 2 is 2.05 bits per heavy atom. The Bertz CT molecular complexity index is 600. The van der Waals surface area contributed by atoms with E-state index in [4.69, 9.17) is 16.7 Å². The minimum absolute atomic E-state index is 0.0139. The molecule has 6 heteroatoms. The number of halogens is 2. The van der Waals surface area contributed by atoms with Gasteiger partial charge in [-0.05, 0) is 30.3 Å². The minimum Gasteiger partial charge on any atom is -0.481 e. The number of rotatable bonds is 5. The van der Waals surface area contributed by atoms with Crippen LogP contribution in [-0.4, -0.2) is 11.1 Å². The fourth-order valence-corrected chi connectivity index (χ4v) is 2.68. The predicted molar refractivity (Wildman–Crippen MR) is 74.4 cm³/mol. The first-order valence-electron chi connectivity index (χ1n) is 5.53. The van der Waals surface area contributed by atoms with E-state index >= 15 is 0 Å². The van der Waals surface area contributed by atoms with Crippen LogP contribution in [0.5, 0.6) is 0 Å². The highest BCUT2D eigenvalue weighted by molar-refractivity contribution is 7.12. The summed E-state index contributed by atoms with van der Waals surface area (Å²) < 4.78 is 13.5. The molecule has 2 N–H and O–H groups in total. The Morgan fingerprint density at radius 3 is 2.74 bits per heavy atom. The number of thiophene rings is 1. The van der Waals surface area contributed by atoms with Crippen molar-refractivity contribution in [1.82, 2.24) is 0 Å². The fraction of sp³-hybridized carbons (Fsp3) is 0.154. The lowest BCUT2D eigenvalue weighted by Gasteiger charge is -2.06. The van der Waals surface area contributed by atoms with Crippen molar-refractivity contribution in [2.75, 3.05) is 5.32 Å².